The second-order valence-electron chi connectivity index (χ2n) is 6.43. The molecule has 0 spiro atoms. The van der Waals surface area contributed by atoms with Crippen molar-refractivity contribution in [3.63, 3.8) is 0 Å². The van der Waals surface area contributed by atoms with Gasteiger partial charge in [0.05, 0.1) is 11.1 Å². The van der Waals surface area contributed by atoms with E-state index in [4.69, 9.17) is 0 Å². The summed E-state index contributed by atoms with van der Waals surface area (Å²) in [6.07, 6.45) is -4.47. The highest BCUT2D eigenvalue weighted by Crippen LogP contribution is 2.33. The molecule has 0 saturated heterocycles. The Balaban J connectivity index is 1.84. The highest BCUT2D eigenvalue weighted by Gasteiger charge is 2.32. The number of benzene rings is 2. The van der Waals surface area contributed by atoms with Crippen molar-refractivity contribution in [3.8, 4) is 0 Å². The van der Waals surface area contributed by atoms with Crippen LogP contribution in [0.1, 0.15) is 16.8 Å². The Morgan fingerprint density at radius 2 is 1.85 bits per heavy atom. The SMILES string of the molecule is Cc1ccc(NC(=O)N(C)c2ccc3c(C)n(C)nc3c2)cc1C(F)(F)F. The summed E-state index contributed by atoms with van der Waals surface area (Å²) in [6, 6.07) is 8.57. The summed E-state index contributed by atoms with van der Waals surface area (Å²) >= 11 is 0. The summed E-state index contributed by atoms with van der Waals surface area (Å²) in [7, 11) is 3.38. The molecule has 5 nitrogen and oxygen atoms in total. The average Bonchev–Trinajstić information content (AvgIpc) is 2.88. The van der Waals surface area contributed by atoms with Gasteiger partial charge in [0, 0.05) is 36.6 Å². The number of carbonyl (C=O) groups excluding carboxylic acids is 1. The number of urea groups is 1. The van der Waals surface area contributed by atoms with Crippen LogP contribution in [-0.2, 0) is 13.2 Å². The zero-order chi connectivity index (χ0) is 19.9. The average molecular weight is 376 g/mol. The van der Waals surface area contributed by atoms with Gasteiger partial charge in [0.1, 0.15) is 0 Å². The van der Waals surface area contributed by atoms with Gasteiger partial charge in [0.25, 0.3) is 0 Å². The molecule has 1 aromatic heterocycles. The predicted octanol–water partition coefficient (Wildman–Crippen LogP) is 4.88. The van der Waals surface area contributed by atoms with Gasteiger partial charge in [-0.2, -0.15) is 18.3 Å². The quantitative estimate of drug-likeness (QED) is 0.693. The summed E-state index contributed by atoms with van der Waals surface area (Å²) in [5.74, 6) is 0. The predicted molar refractivity (Wildman–Crippen MR) is 99.1 cm³/mol. The second kappa shape index (κ2) is 6.61. The summed E-state index contributed by atoms with van der Waals surface area (Å²) in [5.41, 5.74) is 1.74. The molecular formula is C19H19F3N4O. The topological polar surface area (TPSA) is 50.2 Å². The molecule has 0 atom stereocenters. The van der Waals surface area contributed by atoms with Gasteiger partial charge in [0.2, 0.25) is 0 Å². The van der Waals surface area contributed by atoms with E-state index in [0.717, 1.165) is 22.7 Å². The van der Waals surface area contributed by atoms with Gasteiger partial charge >= 0.3 is 12.2 Å². The van der Waals surface area contributed by atoms with Crippen LogP contribution in [0.2, 0.25) is 0 Å². The van der Waals surface area contributed by atoms with E-state index in [0.29, 0.717) is 5.69 Å². The molecular weight excluding hydrogens is 357 g/mol. The standard InChI is InChI=1S/C19H19F3N4O/c1-11-5-6-13(9-16(11)19(20,21)22)23-18(27)25(3)14-7-8-15-12(2)26(4)24-17(15)10-14/h5-10H,1-4H3,(H,23,27). The van der Waals surface area contributed by atoms with E-state index in [-0.39, 0.29) is 11.3 Å². The number of aromatic nitrogens is 2. The fraction of sp³-hybridized carbons (Fsp3) is 0.263. The van der Waals surface area contributed by atoms with Gasteiger partial charge in [-0.05, 0) is 49.7 Å². The van der Waals surface area contributed by atoms with Crippen LogP contribution < -0.4 is 10.2 Å². The van der Waals surface area contributed by atoms with E-state index in [1.165, 1.54) is 24.0 Å². The molecule has 3 aromatic rings. The highest BCUT2D eigenvalue weighted by atomic mass is 19.4. The summed E-state index contributed by atoms with van der Waals surface area (Å²) < 4.78 is 40.9. The fourth-order valence-corrected chi connectivity index (χ4v) is 2.86. The first-order chi connectivity index (χ1) is 12.6. The summed E-state index contributed by atoms with van der Waals surface area (Å²) in [4.78, 5) is 13.8. The van der Waals surface area contributed by atoms with E-state index < -0.39 is 17.8 Å². The van der Waals surface area contributed by atoms with E-state index >= 15 is 0 Å². The van der Waals surface area contributed by atoms with E-state index in [1.807, 2.05) is 20.0 Å². The lowest BCUT2D eigenvalue weighted by Gasteiger charge is -2.19. The minimum Gasteiger partial charge on any atom is -0.308 e. The lowest BCUT2D eigenvalue weighted by molar-refractivity contribution is -0.138. The van der Waals surface area contributed by atoms with Crippen molar-refractivity contribution in [1.29, 1.82) is 0 Å². The fourth-order valence-electron chi connectivity index (χ4n) is 2.86. The molecule has 0 aliphatic carbocycles. The van der Waals surface area contributed by atoms with Crippen LogP contribution in [-0.4, -0.2) is 22.9 Å². The van der Waals surface area contributed by atoms with Crippen LogP contribution in [0.3, 0.4) is 0 Å². The number of halogens is 3. The maximum atomic E-state index is 13.0. The summed E-state index contributed by atoms with van der Waals surface area (Å²) in [6.45, 7) is 3.33. The molecule has 0 fully saturated rings. The zero-order valence-electron chi connectivity index (χ0n) is 15.3. The van der Waals surface area contributed by atoms with Crippen LogP contribution in [0.4, 0.5) is 29.3 Å². The van der Waals surface area contributed by atoms with Crippen molar-refractivity contribution >= 4 is 28.3 Å². The molecule has 1 heterocycles. The normalized spacial score (nSPS) is 11.7. The van der Waals surface area contributed by atoms with Crippen molar-refractivity contribution in [2.24, 2.45) is 7.05 Å². The van der Waals surface area contributed by atoms with E-state index in [2.05, 4.69) is 10.4 Å². The molecule has 1 N–H and O–H groups in total. The third kappa shape index (κ3) is 3.60. The largest absolute Gasteiger partial charge is 0.416 e. The lowest BCUT2D eigenvalue weighted by Crippen LogP contribution is -2.31. The number of rotatable bonds is 2. The molecule has 27 heavy (non-hydrogen) atoms. The minimum absolute atomic E-state index is 0.0829. The molecule has 8 heteroatoms. The van der Waals surface area contributed by atoms with Crippen LogP contribution in [0.5, 0.6) is 0 Å². The van der Waals surface area contributed by atoms with Crippen LogP contribution >= 0.6 is 0 Å². The zero-order valence-corrected chi connectivity index (χ0v) is 15.3. The van der Waals surface area contributed by atoms with Gasteiger partial charge in [0.15, 0.2) is 0 Å². The van der Waals surface area contributed by atoms with Crippen molar-refractivity contribution < 1.29 is 18.0 Å². The van der Waals surface area contributed by atoms with Gasteiger partial charge in [-0.1, -0.05) is 6.07 Å². The molecule has 0 aliphatic heterocycles. The highest BCUT2D eigenvalue weighted by molar-refractivity contribution is 6.02. The molecule has 0 aliphatic rings. The number of nitrogens with zero attached hydrogens (tertiary/aromatic N) is 3. The number of aryl methyl sites for hydroxylation is 3. The first-order valence-electron chi connectivity index (χ1n) is 8.24. The minimum atomic E-state index is -4.47. The Kier molecular flexibility index (Phi) is 4.59. The number of amides is 2. The third-order valence-corrected chi connectivity index (χ3v) is 4.60. The number of fused-ring (bicyclic) bond motifs is 1. The Bertz CT molecular complexity index is 1020. The smallest absolute Gasteiger partial charge is 0.308 e. The molecule has 3 rings (SSSR count). The molecule has 0 radical (unpaired) electrons. The van der Waals surface area contributed by atoms with Crippen molar-refractivity contribution in [2.75, 3.05) is 17.3 Å². The Hall–Kier alpha value is -3.03. The summed E-state index contributed by atoms with van der Waals surface area (Å²) in [5, 5.41) is 7.86. The van der Waals surface area contributed by atoms with Gasteiger partial charge in [-0.25, -0.2) is 4.79 Å². The number of anilines is 2. The van der Waals surface area contributed by atoms with Gasteiger partial charge in [-0.15, -0.1) is 0 Å². The van der Waals surface area contributed by atoms with Gasteiger partial charge < -0.3 is 5.32 Å². The van der Waals surface area contributed by atoms with Crippen molar-refractivity contribution in [2.45, 2.75) is 20.0 Å². The Labute approximate surface area is 154 Å². The monoisotopic (exact) mass is 376 g/mol. The van der Waals surface area contributed by atoms with Gasteiger partial charge in [-0.3, -0.25) is 9.58 Å². The molecule has 0 bridgehead atoms. The second-order valence-corrected chi connectivity index (χ2v) is 6.43. The van der Waals surface area contributed by atoms with Crippen LogP contribution in [0.25, 0.3) is 10.9 Å². The van der Waals surface area contributed by atoms with E-state index in [1.54, 1.807) is 23.9 Å². The Morgan fingerprint density at radius 1 is 1.15 bits per heavy atom. The molecule has 2 amide bonds. The van der Waals surface area contributed by atoms with Crippen molar-refractivity contribution in [1.82, 2.24) is 9.78 Å². The third-order valence-electron chi connectivity index (χ3n) is 4.60. The first-order valence-corrected chi connectivity index (χ1v) is 8.24. The Morgan fingerprint density at radius 3 is 2.52 bits per heavy atom. The molecule has 0 saturated carbocycles. The number of alkyl halides is 3. The molecule has 0 unspecified atom stereocenters. The van der Waals surface area contributed by atoms with Crippen LogP contribution in [0, 0.1) is 13.8 Å². The van der Waals surface area contributed by atoms with E-state index in [9.17, 15) is 18.0 Å². The molecule has 142 valence electrons. The lowest BCUT2D eigenvalue weighted by atomic mass is 10.1. The maximum Gasteiger partial charge on any atom is 0.416 e. The number of carbonyl (C=O) groups is 1. The van der Waals surface area contributed by atoms with Crippen molar-refractivity contribution in [3.05, 3.63) is 53.2 Å². The molecule has 2 aromatic carbocycles. The first kappa shape index (κ1) is 18.8. The maximum absolute atomic E-state index is 13.0. The number of nitrogens with one attached hydrogen (secondary N) is 1. The number of hydrogen-bond acceptors (Lipinski definition) is 2. The number of hydrogen-bond donors (Lipinski definition) is 1. The van der Waals surface area contributed by atoms with Crippen LogP contribution in [0.15, 0.2) is 36.4 Å².